The molecule has 4 aromatic rings. The number of hydrogen-bond donors (Lipinski definition) is 1. The number of para-hydroxylation sites is 1. The standard InChI is InChI=1S/C32H28N2O2/c1-23-10-5-6-14-28(23)31(35)33-27-19-17-25(18-20-27)32(36)34-21-9-13-26(22-24-11-3-2-4-12-24)29-15-7-8-16-30(29)34/h2-8,10-12,14-20,22H,9,13,21H2,1H3,(H,33,35)/b26-22-. The predicted molar refractivity (Wildman–Crippen MR) is 147 cm³/mol. The molecule has 0 radical (unpaired) electrons. The largest absolute Gasteiger partial charge is 0.322 e. The monoisotopic (exact) mass is 472 g/mol. The van der Waals surface area contributed by atoms with E-state index in [0.29, 0.717) is 23.4 Å². The first-order chi connectivity index (χ1) is 17.6. The molecule has 0 atom stereocenters. The molecule has 36 heavy (non-hydrogen) atoms. The fourth-order valence-corrected chi connectivity index (χ4v) is 4.65. The highest BCUT2D eigenvalue weighted by Crippen LogP contribution is 2.35. The second-order valence-corrected chi connectivity index (χ2v) is 9.00. The van der Waals surface area contributed by atoms with Crippen LogP contribution in [0, 0.1) is 6.92 Å². The van der Waals surface area contributed by atoms with Crippen LogP contribution in [0.1, 0.15) is 50.2 Å². The van der Waals surface area contributed by atoms with Gasteiger partial charge in [-0.3, -0.25) is 9.59 Å². The van der Waals surface area contributed by atoms with E-state index in [4.69, 9.17) is 0 Å². The molecule has 0 fully saturated rings. The van der Waals surface area contributed by atoms with Crippen LogP contribution < -0.4 is 10.2 Å². The number of fused-ring (bicyclic) bond motifs is 1. The molecule has 1 N–H and O–H groups in total. The summed E-state index contributed by atoms with van der Waals surface area (Å²) in [5.41, 5.74) is 7.22. The number of nitrogens with zero attached hydrogens (tertiary/aromatic N) is 1. The third-order valence-electron chi connectivity index (χ3n) is 6.53. The van der Waals surface area contributed by atoms with E-state index in [1.165, 1.54) is 5.57 Å². The Morgan fingerprint density at radius 3 is 2.28 bits per heavy atom. The molecule has 0 unspecified atom stereocenters. The lowest BCUT2D eigenvalue weighted by atomic mass is 9.98. The molecule has 0 bridgehead atoms. The van der Waals surface area contributed by atoms with Crippen LogP contribution in [0.3, 0.4) is 0 Å². The van der Waals surface area contributed by atoms with Crippen molar-refractivity contribution in [2.45, 2.75) is 19.8 Å². The number of anilines is 2. The summed E-state index contributed by atoms with van der Waals surface area (Å²) < 4.78 is 0. The Kier molecular flexibility index (Phi) is 6.76. The summed E-state index contributed by atoms with van der Waals surface area (Å²) in [6, 6.07) is 33.0. The second-order valence-electron chi connectivity index (χ2n) is 9.00. The normalized spacial score (nSPS) is 14.1. The zero-order chi connectivity index (χ0) is 24.9. The number of amides is 2. The van der Waals surface area contributed by atoms with Crippen LogP contribution >= 0.6 is 0 Å². The summed E-state index contributed by atoms with van der Waals surface area (Å²) in [5, 5.41) is 2.93. The minimum atomic E-state index is -0.161. The molecule has 4 nitrogen and oxygen atoms in total. The van der Waals surface area contributed by atoms with Crippen LogP contribution in [0.2, 0.25) is 0 Å². The Morgan fingerprint density at radius 1 is 0.806 bits per heavy atom. The van der Waals surface area contributed by atoms with E-state index in [2.05, 4.69) is 29.6 Å². The van der Waals surface area contributed by atoms with Crippen molar-refractivity contribution < 1.29 is 9.59 Å². The lowest BCUT2D eigenvalue weighted by Crippen LogP contribution is -2.31. The lowest BCUT2D eigenvalue weighted by Gasteiger charge is -2.23. The third-order valence-corrected chi connectivity index (χ3v) is 6.53. The van der Waals surface area contributed by atoms with Gasteiger partial charge in [0, 0.05) is 28.9 Å². The van der Waals surface area contributed by atoms with E-state index in [1.54, 1.807) is 30.3 Å². The van der Waals surface area contributed by atoms with Gasteiger partial charge < -0.3 is 10.2 Å². The summed E-state index contributed by atoms with van der Waals surface area (Å²) >= 11 is 0. The summed E-state index contributed by atoms with van der Waals surface area (Å²) in [7, 11) is 0. The fourth-order valence-electron chi connectivity index (χ4n) is 4.65. The average molecular weight is 473 g/mol. The second kappa shape index (κ2) is 10.4. The molecule has 5 rings (SSSR count). The van der Waals surface area contributed by atoms with Crippen molar-refractivity contribution in [2.24, 2.45) is 0 Å². The van der Waals surface area contributed by atoms with E-state index >= 15 is 0 Å². The molecule has 0 aliphatic carbocycles. The van der Waals surface area contributed by atoms with Gasteiger partial charge >= 0.3 is 0 Å². The Morgan fingerprint density at radius 2 is 1.50 bits per heavy atom. The molecule has 0 saturated carbocycles. The minimum absolute atomic E-state index is 0.0415. The molecule has 1 aliphatic heterocycles. The highest BCUT2D eigenvalue weighted by Gasteiger charge is 2.24. The first-order valence-corrected chi connectivity index (χ1v) is 12.2. The van der Waals surface area contributed by atoms with Gasteiger partial charge in [-0.1, -0.05) is 72.8 Å². The molecule has 0 aromatic heterocycles. The summed E-state index contributed by atoms with van der Waals surface area (Å²) in [5.74, 6) is -0.202. The van der Waals surface area contributed by atoms with Crippen molar-refractivity contribution in [2.75, 3.05) is 16.8 Å². The van der Waals surface area contributed by atoms with Crippen molar-refractivity contribution in [3.05, 3.63) is 131 Å². The van der Waals surface area contributed by atoms with Crippen molar-refractivity contribution in [3.63, 3.8) is 0 Å². The van der Waals surface area contributed by atoms with Crippen molar-refractivity contribution in [1.82, 2.24) is 0 Å². The van der Waals surface area contributed by atoms with Gasteiger partial charge in [-0.15, -0.1) is 0 Å². The van der Waals surface area contributed by atoms with E-state index in [0.717, 1.165) is 35.2 Å². The Balaban J connectivity index is 1.38. The SMILES string of the molecule is Cc1ccccc1C(=O)Nc1ccc(C(=O)N2CCC/C(=C/c3ccccc3)c3ccccc32)cc1. The summed E-state index contributed by atoms with van der Waals surface area (Å²) in [4.78, 5) is 28.1. The van der Waals surface area contributed by atoms with Gasteiger partial charge in [-0.2, -0.15) is 0 Å². The van der Waals surface area contributed by atoms with Crippen LogP contribution in [0.4, 0.5) is 11.4 Å². The summed E-state index contributed by atoms with van der Waals surface area (Å²) in [6.45, 7) is 2.56. The molecule has 0 spiro atoms. The minimum Gasteiger partial charge on any atom is -0.322 e. The first kappa shape index (κ1) is 23.3. The Hall–Kier alpha value is -4.44. The van der Waals surface area contributed by atoms with Gasteiger partial charge in [0.25, 0.3) is 11.8 Å². The maximum atomic E-state index is 13.6. The van der Waals surface area contributed by atoms with E-state index in [9.17, 15) is 9.59 Å². The number of hydrogen-bond acceptors (Lipinski definition) is 2. The molecule has 178 valence electrons. The molecule has 1 aliphatic rings. The quantitative estimate of drug-likeness (QED) is 0.341. The van der Waals surface area contributed by atoms with E-state index in [-0.39, 0.29) is 11.8 Å². The molecular formula is C32H28N2O2. The number of benzene rings is 4. The highest BCUT2D eigenvalue weighted by atomic mass is 16.2. The fraction of sp³-hybridized carbons (Fsp3) is 0.125. The zero-order valence-electron chi connectivity index (χ0n) is 20.3. The molecule has 0 saturated heterocycles. The van der Waals surface area contributed by atoms with Gasteiger partial charge in [0.15, 0.2) is 0 Å². The van der Waals surface area contributed by atoms with Crippen molar-refractivity contribution in [1.29, 1.82) is 0 Å². The molecule has 4 heteroatoms. The number of nitrogens with one attached hydrogen (secondary N) is 1. The summed E-state index contributed by atoms with van der Waals surface area (Å²) in [6.07, 6.45) is 4.00. The van der Waals surface area contributed by atoms with Gasteiger partial charge in [0.1, 0.15) is 0 Å². The number of carbonyl (C=O) groups is 2. The number of allylic oxidation sites excluding steroid dienone is 1. The van der Waals surface area contributed by atoms with E-state index < -0.39 is 0 Å². The molecule has 1 heterocycles. The van der Waals surface area contributed by atoms with Crippen LogP contribution in [-0.4, -0.2) is 18.4 Å². The van der Waals surface area contributed by atoms with Crippen molar-refractivity contribution in [3.8, 4) is 0 Å². The molecular weight excluding hydrogens is 444 g/mol. The van der Waals surface area contributed by atoms with Crippen LogP contribution in [0.25, 0.3) is 11.6 Å². The predicted octanol–water partition coefficient (Wildman–Crippen LogP) is 7.23. The third kappa shape index (κ3) is 4.98. The number of rotatable bonds is 4. The van der Waals surface area contributed by atoms with Crippen molar-refractivity contribution >= 4 is 34.8 Å². The van der Waals surface area contributed by atoms with Crippen LogP contribution in [0.5, 0.6) is 0 Å². The van der Waals surface area contributed by atoms with Gasteiger partial charge in [0.05, 0.1) is 5.69 Å². The smallest absolute Gasteiger partial charge is 0.258 e. The van der Waals surface area contributed by atoms with E-state index in [1.807, 2.05) is 66.4 Å². The van der Waals surface area contributed by atoms with Gasteiger partial charge in [0.2, 0.25) is 0 Å². The maximum Gasteiger partial charge on any atom is 0.258 e. The zero-order valence-corrected chi connectivity index (χ0v) is 20.3. The first-order valence-electron chi connectivity index (χ1n) is 12.2. The topological polar surface area (TPSA) is 49.4 Å². The number of carbonyl (C=O) groups excluding carboxylic acids is 2. The highest BCUT2D eigenvalue weighted by molar-refractivity contribution is 6.09. The lowest BCUT2D eigenvalue weighted by molar-refractivity contribution is 0.0985. The number of aryl methyl sites for hydroxylation is 1. The maximum absolute atomic E-state index is 13.6. The Bertz CT molecular complexity index is 1420. The molecule has 4 aromatic carbocycles. The van der Waals surface area contributed by atoms with Gasteiger partial charge in [-0.05, 0) is 72.9 Å². The molecule has 2 amide bonds. The van der Waals surface area contributed by atoms with Crippen LogP contribution in [-0.2, 0) is 0 Å². The average Bonchev–Trinajstić information content (AvgIpc) is 3.09. The van der Waals surface area contributed by atoms with Gasteiger partial charge in [-0.25, -0.2) is 0 Å². The Labute approximate surface area is 211 Å². The van der Waals surface area contributed by atoms with Crippen LogP contribution in [0.15, 0.2) is 103 Å².